The second kappa shape index (κ2) is 3.67. The third-order valence-corrected chi connectivity index (χ3v) is 5.01. The molecular formula is C14H15FN2S. The summed E-state index contributed by atoms with van der Waals surface area (Å²) >= 11 is 5.43. The van der Waals surface area contributed by atoms with Crippen LogP contribution in [0.5, 0.6) is 0 Å². The Morgan fingerprint density at radius 1 is 1.28 bits per heavy atom. The van der Waals surface area contributed by atoms with Crippen LogP contribution in [0.15, 0.2) is 18.2 Å². The minimum atomic E-state index is -0.187. The van der Waals surface area contributed by atoms with Gasteiger partial charge in [0.15, 0.2) is 4.77 Å². The van der Waals surface area contributed by atoms with Crippen LogP contribution in [0.1, 0.15) is 31.7 Å². The van der Waals surface area contributed by atoms with Crippen molar-refractivity contribution in [2.45, 2.75) is 31.7 Å². The first-order valence-corrected chi connectivity index (χ1v) is 7.03. The van der Waals surface area contributed by atoms with E-state index in [0.29, 0.717) is 6.04 Å². The summed E-state index contributed by atoms with van der Waals surface area (Å²) in [6.07, 6.45) is 5.21. The summed E-state index contributed by atoms with van der Waals surface area (Å²) in [5.41, 5.74) is 1.88. The lowest BCUT2D eigenvalue weighted by Gasteiger charge is -2.23. The van der Waals surface area contributed by atoms with E-state index in [0.717, 1.165) is 27.6 Å². The van der Waals surface area contributed by atoms with Gasteiger partial charge in [0.05, 0.1) is 11.0 Å². The van der Waals surface area contributed by atoms with Crippen LogP contribution < -0.4 is 0 Å². The van der Waals surface area contributed by atoms with Gasteiger partial charge in [-0.15, -0.1) is 0 Å². The van der Waals surface area contributed by atoms with E-state index >= 15 is 0 Å². The van der Waals surface area contributed by atoms with Gasteiger partial charge >= 0.3 is 0 Å². The van der Waals surface area contributed by atoms with E-state index in [1.807, 2.05) is 0 Å². The third kappa shape index (κ3) is 1.41. The van der Waals surface area contributed by atoms with Gasteiger partial charge in [0, 0.05) is 6.04 Å². The largest absolute Gasteiger partial charge is 0.331 e. The minimum absolute atomic E-state index is 0.187. The Balaban J connectivity index is 1.91. The van der Waals surface area contributed by atoms with Crippen molar-refractivity contribution in [3.63, 3.8) is 0 Å². The molecule has 2 fully saturated rings. The molecule has 2 aliphatic carbocycles. The second-order valence-corrected chi connectivity index (χ2v) is 6.09. The van der Waals surface area contributed by atoms with Crippen molar-refractivity contribution in [2.24, 2.45) is 11.8 Å². The summed E-state index contributed by atoms with van der Waals surface area (Å²) in [6.45, 7) is 0. The molecule has 2 nitrogen and oxygen atoms in total. The topological polar surface area (TPSA) is 20.7 Å². The maximum atomic E-state index is 13.4. The molecule has 18 heavy (non-hydrogen) atoms. The Morgan fingerprint density at radius 2 is 2.17 bits per heavy atom. The molecule has 0 aliphatic heterocycles. The number of nitrogens with one attached hydrogen (secondary N) is 1. The summed E-state index contributed by atoms with van der Waals surface area (Å²) in [4.78, 5) is 3.20. The lowest BCUT2D eigenvalue weighted by Crippen LogP contribution is -2.16. The minimum Gasteiger partial charge on any atom is -0.331 e. The van der Waals surface area contributed by atoms with Crippen molar-refractivity contribution >= 4 is 23.3 Å². The molecule has 2 aliphatic rings. The molecule has 1 heterocycles. The van der Waals surface area contributed by atoms with Crippen LogP contribution >= 0.6 is 12.2 Å². The first-order valence-electron chi connectivity index (χ1n) is 6.62. The van der Waals surface area contributed by atoms with Crippen molar-refractivity contribution in [3.05, 3.63) is 28.8 Å². The van der Waals surface area contributed by atoms with Crippen molar-refractivity contribution < 1.29 is 4.39 Å². The van der Waals surface area contributed by atoms with Gasteiger partial charge in [0.25, 0.3) is 0 Å². The molecule has 0 spiro atoms. The molecule has 2 bridgehead atoms. The van der Waals surface area contributed by atoms with Gasteiger partial charge in [-0.05, 0) is 61.5 Å². The summed E-state index contributed by atoms with van der Waals surface area (Å²) in [5, 5.41) is 0. The zero-order valence-corrected chi connectivity index (χ0v) is 10.8. The zero-order chi connectivity index (χ0) is 12.3. The number of rotatable bonds is 1. The van der Waals surface area contributed by atoms with E-state index in [-0.39, 0.29) is 5.82 Å². The lowest BCUT2D eigenvalue weighted by molar-refractivity contribution is 0.333. The molecule has 3 atom stereocenters. The lowest BCUT2D eigenvalue weighted by atomic mass is 9.95. The van der Waals surface area contributed by atoms with Crippen LogP contribution in [0, 0.1) is 22.4 Å². The van der Waals surface area contributed by atoms with Gasteiger partial charge in [-0.1, -0.05) is 6.42 Å². The van der Waals surface area contributed by atoms with E-state index in [4.69, 9.17) is 12.2 Å². The molecule has 0 radical (unpaired) electrons. The van der Waals surface area contributed by atoms with E-state index in [1.165, 1.54) is 31.7 Å². The highest BCUT2D eigenvalue weighted by Crippen LogP contribution is 2.51. The molecule has 0 saturated heterocycles. The third-order valence-electron chi connectivity index (χ3n) is 4.71. The quantitative estimate of drug-likeness (QED) is 0.764. The highest BCUT2D eigenvalue weighted by molar-refractivity contribution is 7.71. The number of imidazole rings is 1. The summed E-state index contributed by atoms with van der Waals surface area (Å²) < 4.78 is 16.3. The summed E-state index contributed by atoms with van der Waals surface area (Å²) in [7, 11) is 0. The van der Waals surface area contributed by atoms with E-state index in [2.05, 4.69) is 9.55 Å². The number of nitrogens with zero attached hydrogens (tertiary/aromatic N) is 1. The normalized spacial score (nSPS) is 30.4. The first-order chi connectivity index (χ1) is 8.72. The fourth-order valence-electron chi connectivity index (χ4n) is 3.95. The van der Waals surface area contributed by atoms with E-state index in [1.54, 1.807) is 12.1 Å². The van der Waals surface area contributed by atoms with Crippen LogP contribution in [0.2, 0.25) is 0 Å². The summed E-state index contributed by atoms with van der Waals surface area (Å²) in [5.74, 6) is 1.41. The highest BCUT2D eigenvalue weighted by Gasteiger charge is 2.41. The van der Waals surface area contributed by atoms with Gasteiger partial charge in [0.2, 0.25) is 0 Å². The Hall–Kier alpha value is -1.16. The molecule has 4 rings (SSSR count). The standard InChI is InChI=1S/C14H15FN2S/c15-10-3-4-11-13(7-10)17(14(18)16-11)12-6-8-1-2-9(12)5-8/h3-4,7-9,12H,1-2,5-6H2,(H,16,18). The maximum absolute atomic E-state index is 13.4. The fraction of sp³-hybridized carbons (Fsp3) is 0.500. The number of H-pyrrole nitrogens is 1. The number of aromatic nitrogens is 2. The van der Waals surface area contributed by atoms with Gasteiger partial charge in [0.1, 0.15) is 5.82 Å². The zero-order valence-electron chi connectivity index (χ0n) is 10.0. The monoisotopic (exact) mass is 262 g/mol. The SMILES string of the molecule is Fc1ccc2[nH]c(=S)n(C3CC4CCC3C4)c2c1. The molecule has 0 amide bonds. The number of hydrogen-bond donors (Lipinski definition) is 1. The average molecular weight is 262 g/mol. The molecular weight excluding hydrogens is 247 g/mol. The maximum Gasteiger partial charge on any atom is 0.178 e. The predicted octanol–water partition coefficient (Wildman–Crippen LogP) is 4.20. The van der Waals surface area contributed by atoms with Crippen molar-refractivity contribution in [3.8, 4) is 0 Å². The molecule has 1 aromatic heterocycles. The van der Waals surface area contributed by atoms with Crippen molar-refractivity contribution in [1.29, 1.82) is 0 Å². The molecule has 1 aromatic carbocycles. The number of hydrogen-bond acceptors (Lipinski definition) is 1. The predicted molar refractivity (Wildman–Crippen MR) is 71.6 cm³/mol. The molecule has 4 heteroatoms. The molecule has 94 valence electrons. The number of aromatic amines is 1. The van der Waals surface area contributed by atoms with E-state index in [9.17, 15) is 4.39 Å². The molecule has 1 N–H and O–H groups in total. The second-order valence-electron chi connectivity index (χ2n) is 5.70. The number of halogens is 1. The van der Waals surface area contributed by atoms with Crippen LogP contribution in [0.3, 0.4) is 0 Å². The molecule has 3 unspecified atom stereocenters. The van der Waals surface area contributed by atoms with Gasteiger partial charge in [-0.3, -0.25) is 0 Å². The van der Waals surface area contributed by atoms with Crippen molar-refractivity contribution in [2.75, 3.05) is 0 Å². The number of fused-ring (bicyclic) bond motifs is 3. The van der Waals surface area contributed by atoms with Crippen molar-refractivity contribution in [1.82, 2.24) is 9.55 Å². The average Bonchev–Trinajstić information content (AvgIpc) is 3.01. The number of benzene rings is 1. The van der Waals surface area contributed by atoms with Crippen LogP contribution in [-0.2, 0) is 0 Å². The summed E-state index contributed by atoms with van der Waals surface area (Å²) in [6, 6.07) is 5.35. The first kappa shape index (κ1) is 10.7. The van der Waals surface area contributed by atoms with Gasteiger partial charge < -0.3 is 9.55 Å². The smallest absolute Gasteiger partial charge is 0.178 e. The Kier molecular flexibility index (Phi) is 2.19. The van der Waals surface area contributed by atoms with Gasteiger partial charge in [-0.25, -0.2) is 4.39 Å². The fourth-order valence-corrected chi connectivity index (χ4v) is 4.29. The highest BCUT2D eigenvalue weighted by atomic mass is 32.1. The Morgan fingerprint density at radius 3 is 2.89 bits per heavy atom. The van der Waals surface area contributed by atoms with E-state index < -0.39 is 0 Å². The van der Waals surface area contributed by atoms with Crippen LogP contribution in [-0.4, -0.2) is 9.55 Å². The van der Waals surface area contributed by atoms with Crippen LogP contribution in [0.4, 0.5) is 4.39 Å². The van der Waals surface area contributed by atoms with Gasteiger partial charge in [-0.2, -0.15) is 0 Å². The molecule has 2 saturated carbocycles. The Labute approximate surface area is 110 Å². The Bertz CT molecular complexity index is 672. The molecule has 2 aromatic rings. The van der Waals surface area contributed by atoms with Crippen LogP contribution in [0.25, 0.3) is 11.0 Å².